The topological polar surface area (TPSA) is 101 Å². The van der Waals surface area contributed by atoms with E-state index in [2.05, 4.69) is 19.6 Å². The van der Waals surface area contributed by atoms with Gasteiger partial charge >= 0.3 is 0 Å². The van der Waals surface area contributed by atoms with Gasteiger partial charge in [0.2, 0.25) is 16.0 Å². The molecule has 2 atom stereocenters. The number of nitrogen functional groups attached to an aromatic ring is 1. The number of nitrogens with zero attached hydrogens (tertiary/aromatic N) is 3. The molecular weight excluding hydrogens is 266 g/mol. The van der Waals surface area contributed by atoms with Gasteiger partial charge in [-0.15, -0.1) is 0 Å². The average Bonchev–Trinajstić information content (AvgIpc) is 2.95. The van der Waals surface area contributed by atoms with Gasteiger partial charge in [0.1, 0.15) is 4.90 Å². The second-order valence-corrected chi connectivity index (χ2v) is 6.75. The van der Waals surface area contributed by atoms with Gasteiger partial charge in [0.25, 0.3) is 0 Å². The van der Waals surface area contributed by atoms with Gasteiger partial charge in [-0.1, -0.05) is 0 Å². The third-order valence-corrected chi connectivity index (χ3v) is 5.32. The van der Waals surface area contributed by atoms with Gasteiger partial charge in [-0.2, -0.15) is 0 Å². The molecule has 2 fully saturated rings. The summed E-state index contributed by atoms with van der Waals surface area (Å²) in [6.45, 7) is 2.05. The second-order valence-electron chi connectivity index (χ2n) is 5.04. The summed E-state index contributed by atoms with van der Waals surface area (Å²) in [7, 11) is -3.56. The molecule has 2 unspecified atom stereocenters. The Hall–Kier alpha value is -1.25. The number of sulfonamides is 1. The van der Waals surface area contributed by atoms with Crippen LogP contribution in [-0.2, 0) is 10.0 Å². The van der Waals surface area contributed by atoms with E-state index in [1.54, 1.807) is 0 Å². The van der Waals surface area contributed by atoms with E-state index in [0.29, 0.717) is 6.04 Å². The number of aromatic nitrogens is 2. The maximum absolute atomic E-state index is 12.2. The highest BCUT2D eigenvalue weighted by molar-refractivity contribution is 7.89. The molecule has 3 N–H and O–H groups in total. The highest BCUT2D eigenvalue weighted by Gasteiger charge is 2.39. The summed E-state index contributed by atoms with van der Waals surface area (Å²) in [5.41, 5.74) is 5.36. The van der Waals surface area contributed by atoms with Crippen LogP contribution in [0.2, 0.25) is 0 Å². The first kappa shape index (κ1) is 12.8. The Morgan fingerprint density at radius 2 is 2.00 bits per heavy atom. The highest BCUT2D eigenvalue weighted by Crippen LogP contribution is 2.28. The van der Waals surface area contributed by atoms with E-state index < -0.39 is 10.0 Å². The lowest BCUT2D eigenvalue weighted by Crippen LogP contribution is -2.42. The Morgan fingerprint density at radius 3 is 2.74 bits per heavy atom. The summed E-state index contributed by atoms with van der Waals surface area (Å²) >= 11 is 0. The molecule has 104 valence electrons. The minimum Gasteiger partial charge on any atom is -0.368 e. The standard InChI is InChI=1S/C11H17N5O2S/c12-11-13-6-8(7-14-11)19(17,18)15-9-3-5-16-4-1-2-10(9)16/h6-7,9-10,15H,1-5H2,(H2,12,13,14). The van der Waals surface area contributed by atoms with E-state index in [4.69, 9.17) is 5.73 Å². The molecule has 8 heteroatoms. The lowest BCUT2D eigenvalue weighted by Gasteiger charge is -2.21. The fourth-order valence-corrected chi connectivity index (χ4v) is 4.14. The van der Waals surface area contributed by atoms with Crippen LogP contribution in [-0.4, -0.2) is 48.5 Å². The molecule has 2 saturated heterocycles. The van der Waals surface area contributed by atoms with E-state index in [-0.39, 0.29) is 16.9 Å². The lowest BCUT2D eigenvalue weighted by molar-refractivity contribution is 0.309. The van der Waals surface area contributed by atoms with Crippen molar-refractivity contribution in [2.24, 2.45) is 0 Å². The molecule has 7 nitrogen and oxygen atoms in total. The molecule has 1 aromatic heterocycles. The van der Waals surface area contributed by atoms with Crippen molar-refractivity contribution in [2.45, 2.75) is 36.2 Å². The summed E-state index contributed by atoms with van der Waals surface area (Å²) in [5, 5.41) is 0. The highest BCUT2D eigenvalue weighted by atomic mass is 32.2. The summed E-state index contributed by atoms with van der Waals surface area (Å²) in [6, 6.07) is 0.328. The zero-order valence-electron chi connectivity index (χ0n) is 10.5. The van der Waals surface area contributed by atoms with Gasteiger partial charge < -0.3 is 5.73 Å². The molecule has 0 aromatic carbocycles. The zero-order valence-corrected chi connectivity index (χ0v) is 11.3. The van der Waals surface area contributed by atoms with Crippen molar-refractivity contribution in [3.63, 3.8) is 0 Å². The van der Waals surface area contributed by atoms with Crippen molar-refractivity contribution in [1.82, 2.24) is 19.6 Å². The number of fused-ring (bicyclic) bond motifs is 1. The van der Waals surface area contributed by atoms with Crippen LogP contribution in [0.1, 0.15) is 19.3 Å². The van der Waals surface area contributed by atoms with Crippen LogP contribution in [0.3, 0.4) is 0 Å². The van der Waals surface area contributed by atoms with Crippen LogP contribution in [0.5, 0.6) is 0 Å². The van der Waals surface area contributed by atoms with Crippen LogP contribution in [0, 0.1) is 0 Å². The first-order valence-electron chi connectivity index (χ1n) is 6.40. The predicted octanol–water partition coefficient (Wildman–Crippen LogP) is -0.426. The quantitative estimate of drug-likeness (QED) is 0.781. The smallest absolute Gasteiger partial charge is 0.243 e. The van der Waals surface area contributed by atoms with Gasteiger partial charge in [0.05, 0.1) is 12.4 Å². The molecule has 0 amide bonds. The Kier molecular flexibility index (Phi) is 3.15. The third-order valence-electron chi connectivity index (χ3n) is 3.87. The van der Waals surface area contributed by atoms with E-state index in [9.17, 15) is 8.42 Å². The summed E-state index contributed by atoms with van der Waals surface area (Å²) < 4.78 is 27.2. The van der Waals surface area contributed by atoms with Crippen molar-refractivity contribution < 1.29 is 8.42 Å². The lowest BCUT2D eigenvalue weighted by atomic mass is 10.1. The second kappa shape index (κ2) is 4.69. The number of nitrogens with one attached hydrogen (secondary N) is 1. The van der Waals surface area contributed by atoms with Gasteiger partial charge in [-0.05, 0) is 25.8 Å². The largest absolute Gasteiger partial charge is 0.368 e. The Labute approximate surface area is 112 Å². The number of hydrogen-bond acceptors (Lipinski definition) is 6. The molecule has 0 aliphatic carbocycles. The molecule has 0 bridgehead atoms. The minimum atomic E-state index is -3.56. The third kappa shape index (κ3) is 2.43. The SMILES string of the molecule is Nc1ncc(S(=O)(=O)NC2CCN3CCCC23)cn1. The Morgan fingerprint density at radius 1 is 1.26 bits per heavy atom. The van der Waals surface area contributed by atoms with Gasteiger partial charge in [-0.25, -0.2) is 23.1 Å². The van der Waals surface area contributed by atoms with Crippen molar-refractivity contribution >= 4 is 16.0 Å². The number of hydrogen-bond donors (Lipinski definition) is 2. The molecule has 2 aliphatic heterocycles. The number of rotatable bonds is 3. The molecule has 2 aliphatic rings. The van der Waals surface area contributed by atoms with E-state index >= 15 is 0 Å². The van der Waals surface area contributed by atoms with Gasteiger partial charge in [0.15, 0.2) is 0 Å². The normalized spacial score (nSPS) is 27.6. The van der Waals surface area contributed by atoms with Crippen LogP contribution in [0.25, 0.3) is 0 Å². The summed E-state index contributed by atoms with van der Waals surface area (Å²) in [5.74, 6) is 0.0711. The predicted molar refractivity (Wildman–Crippen MR) is 69.8 cm³/mol. The van der Waals surface area contributed by atoms with Crippen LogP contribution < -0.4 is 10.5 Å². The molecule has 1 aromatic rings. The van der Waals surface area contributed by atoms with E-state index in [1.807, 2.05) is 0 Å². The molecule has 3 heterocycles. The maximum Gasteiger partial charge on any atom is 0.243 e. The molecule has 19 heavy (non-hydrogen) atoms. The number of nitrogens with two attached hydrogens (primary N) is 1. The van der Waals surface area contributed by atoms with Crippen molar-refractivity contribution in [1.29, 1.82) is 0 Å². The molecule has 0 saturated carbocycles. The van der Waals surface area contributed by atoms with E-state index in [0.717, 1.165) is 32.4 Å². The van der Waals surface area contributed by atoms with Crippen LogP contribution >= 0.6 is 0 Å². The van der Waals surface area contributed by atoms with Crippen molar-refractivity contribution in [3.05, 3.63) is 12.4 Å². The molecule has 3 rings (SSSR count). The Balaban J connectivity index is 1.76. The van der Waals surface area contributed by atoms with Gasteiger partial charge in [0, 0.05) is 18.6 Å². The van der Waals surface area contributed by atoms with Gasteiger partial charge in [-0.3, -0.25) is 4.90 Å². The summed E-state index contributed by atoms with van der Waals surface area (Å²) in [6.07, 6.45) is 5.55. The van der Waals surface area contributed by atoms with Crippen LogP contribution in [0.4, 0.5) is 5.95 Å². The van der Waals surface area contributed by atoms with Crippen LogP contribution in [0.15, 0.2) is 17.3 Å². The fraction of sp³-hybridized carbons (Fsp3) is 0.636. The average molecular weight is 283 g/mol. The molecule has 0 spiro atoms. The minimum absolute atomic E-state index is 0.00921. The summed E-state index contributed by atoms with van der Waals surface area (Å²) in [4.78, 5) is 9.87. The zero-order chi connectivity index (χ0) is 13.5. The molecular formula is C11H17N5O2S. The van der Waals surface area contributed by atoms with E-state index in [1.165, 1.54) is 12.4 Å². The maximum atomic E-state index is 12.2. The first-order chi connectivity index (χ1) is 9.06. The fourth-order valence-electron chi connectivity index (χ4n) is 2.95. The monoisotopic (exact) mass is 283 g/mol. The Bertz CT molecular complexity index is 559. The van der Waals surface area contributed by atoms with Crippen molar-refractivity contribution in [2.75, 3.05) is 18.8 Å². The van der Waals surface area contributed by atoms with Crippen molar-refractivity contribution in [3.8, 4) is 0 Å². The number of anilines is 1. The first-order valence-corrected chi connectivity index (χ1v) is 7.88. The molecule has 0 radical (unpaired) electrons.